The fourth-order valence-electron chi connectivity index (χ4n) is 1.98. The summed E-state index contributed by atoms with van der Waals surface area (Å²) in [5, 5.41) is 12.7. The van der Waals surface area contributed by atoms with Gasteiger partial charge in [0.25, 0.3) is 0 Å². The highest BCUT2D eigenvalue weighted by Gasteiger charge is 2.33. The van der Waals surface area contributed by atoms with Crippen LogP contribution >= 0.6 is 0 Å². The number of carbonyl (C=O) groups excluding carboxylic acids is 1. The lowest BCUT2D eigenvalue weighted by atomic mass is 9.82. The highest BCUT2D eigenvalue weighted by atomic mass is 16.6. The van der Waals surface area contributed by atoms with Crippen molar-refractivity contribution < 1.29 is 14.6 Å². The van der Waals surface area contributed by atoms with Gasteiger partial charge in [-0.3, -0.25) is 0 Å². The maximum atomic E-state index is 11.6. The molecule has 0 aliphatic heterocycles. The molecule has 2 unspecified atom stereocenters. The zero-order valence-electron chi connectivity index (χ0n) is 10.7. The van der Waals surface area contributed by atoms with E-state index in [1.807, 2.05) is 20.8 Å². The first-order valence-electron chi connectivity index (χ1n) is 5.94. The molecule has 4 heteroatoms. The van der Waals surface area contributed by atoms with E-state index in [2.05, 4.69) is 11.2 Å². The molecule has 0 aromatic carbocycles. The Morgan fingerprint density at radius 2 is 2.24 bits per heavy atom. The third kappa shape index (κ3) is 4.66. The first-order chi connectivity index (χ1) is 7.74. The Labute approximate surface area is 103 Å². The Hall–Kier alpha value is -1.21. The third-order valence-corrected chi connectivity index (χ3v) is 2.72. The van der Waals surface area contributed by atoms with Crippen LogP contribution in [-0.4, -0.2) is 28.4 Å². The molecule has 1 fully saturated rings. The quantitative estimate of drug-likeness (QED) is 0.686. The normalized spacial score (nSPS) is 29.2. The van der Waals surface area contributed by atoms with Gasteiger partial charge in [0.15, 0.2) is 0 Å². The highest BCUT2D eigenvalue weighted by Crippen LogP contribution is 2.27. The van der Waals surface area contributed by atoms with Gasteiger partial charge in [-0.1, -0.05) is 5.92 Å². The summed E-state index contributed by atoms with van der Waals surface area (Å²) < 4.78 is 5.16. The number of nitrogens with one attached hydrogen (secondary N) is 1. The maximum Gasteiger partial charge on any atom is 0.407 e. The van der Waals surface area contributed by atoms with E-state index in [9.17, 15) is 9.90 Å². The number of ether oxygens (including phenoxy) is 1. The average molecular weight is 239 g/mol. The van der Waals surface area contributed by atoms with Crippen molar-refractivity contribution in [2.75, 3.05) is 0 Å². The van der Waals surface area contributed by atoms with E-state index in [0.29, 0.717) is 12.8 Å². The van der Waals surface area contributed by atoms with Crippen LogP contribution in [-0.2, 0) is 4.74 Å². The molecule has 1 aliphatic carbocycles. The number of hydrogen-bond donors (Lipinski definition) is 2. The minimum atomic E-state index is -1.09. The van der Waals surface area contributed by atoms with Gasteiger partial charge in [-0.05, 0) is 40.0 Å². The van der Waals surface area contributed by atoms with E-state index in [4.69, 9.17) is 11.2 Å². The lowest BCUT2D eigenvalue weighted by molar-refractivity contribution is 0.0308. The van der Waals surface area contributed by atoms with Gasteiger partial charge in [-0.25, -0.2) is 4.79 Å². The van der Waals surface area contributed by atoms with Crippen molar-refractivity contribution in [2.24, 2.45) is 0 Å². The third-order valence-electron chi connectivity index (χ3n) is 2.72. The number of rotatable bonds is 1. The Morgan fingerprint density at radius 1 is 1.59 bits per heavy atom. The van der Waals surface area contributed by atoms with Gasteiger partial charge < -0.3 is 15.2 Å². The summed E-state index contributed by atoms with van der Waals surface area (Å²) in [6.07, 6.45) is 7.45. The predicted octanol–water partition coefficient (Wildman–Crippen LogP) is 1.82. The molecule has 2 N–H and O–H groups in total. The van der Waals surface area contributed by atoms with Crippen LogP contribution in [0.25, 0.3) is 0 Å². The summed E-state index contributed by atoms with van der Waals surface area (Å²) in [5.41, 5.74) is -1.60. The molecule has 1 saturated carbocycles. The van der Waals surface area contributed by atoms with Gasteiger partial charge in [0, 0.05) is 12.5 Å². The molecule has 0 bridgehead atoms. The molecular formula is C13H21NO3. The molecule has 4 nitrogen and oxygen atoms in total. The molecule has 0 spiro atoms. The fourth-order valence-corrected chi connectivity index (χ4v) is 1.98. The number of hydrogen-bond acceptors (Lipinski definition) is 3. The van der Waals surface area contributed by atoms with Gasteiger partial charge >= 0.3 is 6.09 Å². The Balaban J connectivity index is 2.48. The zero-order chi connectivity index (χ0) is 13.1. The van der Waals surface area contributed by atoms with Crippen molar-refractivity contribution in [3.8, 4) is 12.3 Å². The highest BCUT2D eigenvalue weighted by molar-refractivity contribution is 5.68. The molecular weight excluding hydrogens is 218 g/mol. The van der Waals surface area contributed by atoms with Crippen molar-refractivity contribution in [3.05, 3.63) is 0 Å². The van der Waals surface area contributed by atoms with Gasteiger partial charge in [-0.2, -0.15) is 0 Å². The minimum Gasteiger partial charge on any atom is -0.444 e. The first kappa shape index (κ1) is 13.9. The van der Waals surface area contributed by atoms with Crippen molar-refractivity contribution in [1.29, 1.82) is 0 Å². The van der Waals surface area contributed by atoms with Gasteiger partial charge in [-0.15, -0.1) is 6.42 Å². The van der Waals surface area contributed by atoms with E-state index in [0.717, 1.165) is 12.8 Å². The van der Waals surface area contributed by atoms with Crippen molar-refractivity contribution in [2.45, 2.75) is 63.7 Å². The molecule has 0 saturated heterocycles. The molecule has 1 amide bonds. The van der Waals surface area contributed by atoms with Crippen LogP contribution in [0.2, 0.25) is 0 Å². The van der Waals surface area contributed by atoms with E-state index in [1.165, 1.54) is 0 Å². The lowest BCUT2D eigenvalue weighted by Crippen LogP contribution is -2.46. The second-order valence-corrected chi connectivity index (χ2v) is 5.62. The minimum absolute atomic E-state index is 0.111. The van der Waals surface area contributed by atoms with E-state index >= 15 is 0 Å². The molecule has 0 radical (unpaired) electrons. The second kappa shape index (κ2) is 4.97. The largest absolute Gasteiger partial charge is 0.444 e. The van der Waals surface area contributed by atoms with Crippen molar-refractivity contribution >= 4 is 6.09 Å². The number of carbonyl (C=O) groups is 1. The summed E-state index contributed by atoms with van der Waals surface area (Å²) in [6, 6.07) is -0.111. The monoisotopic (exact) mass is 239 g/mol. The lowest BCUT2D eigenvalue weighted by Gasteiger charge is -2.33. The Bertz CT molecular complexity index is 327. The Morgan fingerprint density at radius 3 is 2.76 bits per heavy atom. The predicted molar refractivity (Wildman–Crippen MR) is 65.4 cm³/mol. The summed E-state index contributed by atoms with van der Waals surface area (Å²) in [7, 11) is 0. The van der Waals surface area contributed by atoms with E-state index in [1.54, 1.807) is 0 Å². The van der Waals surface area contributed by atoms with Crippen LogP contribution in [0.5, 0.6) is 0 Å². The van der Waals surface area contributed by atoms with Gasteiger partial charge in [0.1, 0.15) is 11.2 Å². The summed E-state index contributed by atoms with van der Waals surface area (Å²) in [5.74, 6) is 2.40. The molecule has 0 aromatic rings. The first-order valence-corrected chi connectivity index (χ1v) is 5.94. The molecule has 1 rings (SSSR count). The number of amides is 1. The molecule has 96 valence electrons. The summed E-state index contributed by atoms with van der Waals surface area (Å²) in [4.78, 5) is 11.6. The smallest absolute Gasteiger partial charge is 0.407 e. The maximum absolute atomic E-state index is 11.6. The van der Waals surface area contributed by atoms with Crippen LogP contribution in [0.4, 0.5) is 4.79 Å². The summed E-state index contributed by atoms with van der Waals surface area (Å²) >= 11 is 0. The molecule has 17 heavy (non-hydrogen) atoms. The number of alkyl carbamates (subject to hydrolysis) is 1. The van der Waals surface area contributed by atoms with Gasteiger partial charge in [0.2, 0.25) is 0 Å². The van der Waals surface area contributed by atoms with Crippen LogP contribution in [0.1, 0.15) is 46.5 Å². The van der Waals surface area contributed by atoms with Gasteiger partial charge in [0.05, 0.1) is 0 Å². The van der Waals surface area contributed by atoms with Crippen LogP contribution in [0.3, 0.4) is 0 Å². The topological polar surface area (TPSA) is 58.6 Å². The van der Waals surface area contributed by atoms with Crippen LogP contribution < -0.4 is 5.32 Å². The molecule has 1 aliphatic rings. The zero-order valence-corrected chi connectivity index (χ0v) is 10.7. The molecule has 0 aromatic heterocycles. The van der Waals surface area contributed by atoms with E-state index in [-0.39, 0.29) is 6.04 Å². The number of aliphatic hydroxyl groups is 1. The van der Waals surface area contributed by atoms with Crippen LogP contribution in [0, 0.1) is 12.3 Å². The standard InChI is InChI=1S/C13H21NO3/c1-5-13(16)8-6-7-10(9-13)14-11(15)17-12(2,3)4/h1,10,16H,6-9H2,2-4H3,(H,14,15). The molecule has 2 atom stereocenters. The average Bonchev–Trinajstić information content (AvgIpc) is 2.14. The SMILES string of the molecule is C#CC1(O)CCCC(NC(=O)OC(C)(C)C)C1. The van der Waals surface area contributed by atoms with E-state index < -0.39 is 17.3 Å². The Kier molecular flexibility index (Phi) is 4.05. The van der Waals surface area contributed by atoms with Crippen LogP contribution in [0.15, 0.2) is 0 Å². The van der Waals surface area contributed by atoms with Crippen molar-refractivity contribution in [3.63, 3.8) is 0 Å². The number of terminal acetylenes is 1. The molecule has 0 heterocycles. The summed E-state index contributed by atoms with van der Waals surface area (Å²) in [6.45, 7) is 5.43. The fraction of sp³-hybridized carbons (Fsp3) is 0.769. The van der Waals surface area contributed by atoms with Crippen molar-refractivity contribution in [1.82, 2.24) is 5.32 Å². The second-order valence-electron chi connectivity index (χ2n) is 5.62.